The third-order valence-corrected chi connectivity index (χ3v) is 2.96. The molecule has 0 aliphatic rings. The molecule has 120 valence electrons. The van der Waals surface area contributed by atoms with Crippen LogP contribution in [0.2, 0.25) is 0 Å². The largest absolute Gasteiger partial charge is 0.477 e. The standard InChI is InChI=1S/C14H18N2O6/c1-9-5-10(2)14(11(6-9)16(19)20)22-8-12(17)15(3)7-13(18)21-4/h5-6H,7-8H2,1-4H3. The third kappa shape index (κ3) is 4.44. The van der Waals surface area contributed by atoms with Crippen LogP contribution in [0.3, 0.4) is 0 Å². The van der Waals surface area contributed by atoms with Gasteiger partial charge in [-0.2, -0.15) is 0 Å². The number of aryl methyl sites for hydroxylation is 2. The predicted octanol–water partition coefficient (Wildman–Crippen LogP) is 1.22. The zero-order valence-electron chi connectivity index (χ0n) is 12.9. The van der Waals surface area contributed by atoms with E-state index in [1.165, 1.54) is 20.2 Å². The fraction of sp³-hybridized carbons (Fsp3) is 0.429. The summed E-state index contributed by atoms with van der Waals surface area (Å²) in [6.45, 7) is 2.78. The van der Waals surface area contributed by atoms with Crippen molar-refractivity contribution in [2.45, 2.75) is 13.8 Å². The van der Waals surface area contributed by atoms with Gasteiger partial charge >= 0.3 is 11.7 Å². The highest BCUT2D eigenvalue weighted by molar-refractivity contribution is 5.82. The van der Waals surface area contributed by atoms with E-state index in [4.69, 9.17) is 4.74 Å². The first kappa shape index (κ1) is 17.4. The first-order chi connectivity index (χ1) is 10.3. The van der Waals surface area contributed by atoms with Crippen molar-refractivity contribution >= 4 is 17.6 Å². The molecule has 0 heterocycles. The Balaban J connectivity index is 2.82. The van der Waals surface area contributed by atoms with Crippen LogP contribution in [0.5, 0.6) is 5.75 Å². The lowest BCUT2D eigenvalue weighted by molar-refractivity contribution is -0.385. The number of hydrogen-bond donors (Lipinski definition) is 0. The van der Waals surface area contributed by atoms with Crippen LogP contribution >= 0.6 is 0 Å². The summed E-state index contributed by atoms with van der Waals surface area (Å²) in [7, 11) is 2.63. The zero-order chi connectivity index (χ0) is 16.9. The van der Waals surface area contributed by atoms with Crippen LogP contribution in [0, 0.1) is 24.0 Å². The predicted molar refractivity (Wildman–Crippen MR) is 77.7 cm³/mol. The van der Waals surface area contributed by atoms with Gasteiger partial charge in [-0.25, -0.2) is 0 Å². The quantitative estimate of drug-likeness (QED) is 0.445. The molecule has 0 aliphatic heterocycles. The zero-order valence-corrected chi connectivity index (χ0v) is 12.9. The molecule has 0 bridgehead atoms. The van der Waals surface area contributed by atoms with Crippen molar-refractivity contribution in [3.8, 4) is 5.75 Å². The first-order valence-electron chi connectivity index (χ1n) is 6.45. The minimum atomic E-state index is -0.562. The molecular formula is C14H18N2O6. The lowest BCUT2D eigenvalue weighted by atomic mass is 10.1. The number of hydrogen-bond acceptors (Lipinski definition) is 6. The molecule has 0 aliphatic carbocycles. The number of esters is 1. The summed E-state index contributed by atoms with van der Waals surface area (Å²) in [5, 5.41) is 11.1. The van der Waals surface area contributed by atoms with E-state index < -0.39 is 23.4 Å². The Kier molecular flexibility index (Phi) is 5.85. The number of benzene rings is 1. The minimum Gasteiger partial charge on any atom is -0.477 e. The van der Waals surface area contributed by atoms with Gasteiger partial charge in [-0.3, -0.25) is 19.7 Å². The van der Waals surface area contributed by atoms with E-state index in [-0.39, 0.29) is 18.0 Å². The van der Waals surface area contributed by atoms with Crippen LogP contribution in [-0.2, 0) is 14.3 Å². The molecule has 1 aromatic carbocycles. The van der Waals surface area contributed by atoms with Crippen molar-refractivity contribution in [1.29, 1.82) is 0 Å². The van der Waals surface area contributed by atoms with Gasteiger partial charge in [-0.05, 0) is 25.0 Å². The molecule has 0 spiro atoms. The molecule has 0 aromatic heterocycles. The van der Waals surface area contributed by atoms with Crippen molar-refractivity contribution in [2.75, 3.05) is 27.3 Å². The van der Waals surface area contributed by atoms with Crippen LogP contribution in [0.1, 0.15) is 11.1 Å². The number of nitro benzene ring substituents is 1. The number of ether oxygens (including phenoxy) is 2. The van der Waals surface area contributed by atoms with Gasteiger partial charge in [0.05, 0.1) is 12.0 Å². The van der Waals surface area contributed by atoms with Crippen molar-refractivity contribution in [3.05, 3.63) is 33.4 Å². The number of nitrogens with zero attached hydrogens (tertiary/aromatic N) is 2. The highest BCUT2D eigenvalue weighted by atomic mass is 16.6. The molecule has 22 heavy (non-hydrogen) atoms. The number of likely N-dealkylation sites (N-methyl/N-ethyl adjacent to an activating group) is 1. The number of carbonyl (C=O) groups is 2. The van der Waals surface area contributed by atoms with Crippen LogP contribution in [0.15, 0.2) is 12.1 Å². The van der Waals surface area contributed by atoms with Gasteiger partial charge in [-0.1, -0.05) is 6.07 Å². The maximum atomic E-state index is 11.9. The van der Waals surface area contributed by atoms with Crippen LogP contribution in [0.4, 0.5) is 5.69 Å². The smallest absolute Gasteiger partial charge is 0.325 e. The SMILES string of the molecule is COC(=O)CN(C)C(=O)COc1c(C)cc(C)cc1[N+](=O)[O-]. The number of amides is 1. The summed E-state index contributed by atoms with van der Waals surface area (Å²) < 4.78 is 9.75. The fourth-order valence-electron chi connectivity index (χ4n) is 1.85. The van der Waals surface area contributed by atoms with Gasteiger partial charge in [0.15, 0.2) is 6.61 Å². The molecule has 0 radical (unpaired) electrons. The van der Waals surface area contributed by atoms with Gasteiger partial charge in [0.25, 0.3) is 5.91 Å². The summed E-state index contributed by atoms with van der Waals surface area (Å²) in [5.74, 6) is -0.997. The van der Waals surface area contributed by atoms with Gasteiger partial charge in [0, 0.05) is 13.1 Å². The highest BCUT2D eigenvalue weighted by Crippen LogP contribution is 2.31. The summed E-state index contributed by atoms with van der Waals surface area (Å²) in [4.78, 5) is 34.6. The van der Waals surface area contributed by atoms with Gasteiger partial charge < -0.3 is 14.4 Å². The second-order valence-corrected chi connectivity index (χ2v) is 4.80. The minimum absolute atomic E-state index is 0.0513. The molecule has 0 N–H and O–H groups in total. The molecule has 0 saturated heterocycles. The molecule has 1 aromatic rings. The molecular weight excluding hydrogens is 292 g/mol. The maximum Gasteiger partial charge on any atom is 0.325 e. The maximum absolute atomic E-state index is 11.9. The van der Waals surface area contributed by atoms with Crippen molar-refractivity contribution < 1.29 is 24.0 Å². The number of carbonyl (C=O) groups excluding carboxylic acids is 2. The molecule has 1 rings (SSSR count). The highest BCUT2D eigenvalue weighted by Gasteiger charge is 2.21. The van der Waals surface area contributed by atoms with Crippen LogP contribution in [-0.4, -0.2) is 49.0 Å². The van der Waals surface area contributed by atoms with Crippen molar-refractivity contribution in [3.63, 3.8) is 0 Å². The Labute approximate surface area is 127 Å². The van der Waals surface area contributed by atoms with Crippen LogP contribution in [0.25, 0.3) is 0 Å². The Hall–Kier alpha value is -2.64. The van der Waals surface area contributed by atoms with Gasteiger partial charge in [-0.15, -0.1) is 0 Å². The lowest BCUT2D eigenvalue weighted by Crippen LogP contribution is -2.36. The Morgan fingerprint density at radius 3 is 2.50 bits per heavy atom. The topological polar surface area (TPSA) is 99.0 Å². The summed E-state index contributed by atoms with van der Waals surface area (Å²) in [6.07, 6.45) is 0. The van der Waals surface area contributed by atoms with E-state index in [1.54, 1.807) is 19.9 Å². The number of rotatable bonds is 6. The second-order valence-electron chi connectivity index (χ2n) is 4.80. The van der Waals surface area contributed by atoms with Gasteiger partial charge in [0.2, 0.25) is 5.75 Å². The molecule has 0 saturated carbocycles. The van der Waals surface area contributed by atoms with E-state index in [2.05, 4.69) is 4.74 Å². The Morgan fingerprint density at radius 2 is 1.95 bits per heavy atom. The molecule has 8 nitrogen and oxygen atoms in total. The second kappa shape index (κ2) is 7.39. The Morgan fingerprint density at radius 1 is 1.32 bits per heavy atom. The summed E-state index contributed by atoms with van der Waals surface area (Å²) >= 11 is 0. The molecule has 0 unspecified atom stereocenters. The first-order valence-corrected chi connectivity index (χ1v) is 6.45. The average Bonchev–Trinajstić information content (AvgIpc) is 2.44. The Bertz CT molecular complexity index is 599. The normalized spacial score (nSPS) is 10.0. The number of methoxy groups -OCH3 is 1. The summed E-state index contributed by atoms with van der Waals surface area (Å²) in [6, 6.07) is 3.11. The van der Waals surface area contributed by atoms with E-state index in [0.717, 1.165) is 10.5 Å². The van der Waals surface area contributed by atoms with Gasteiger partial charge in [0.1, 0.15) is 6.54 Å². The average molecular weight is 310 g/mol. The molecule has 8 heteroatoms. The van der Waals surface area contributed by atoms with E-state index >= 15 is 0 Å². The molecule has 0 fully saturated rings. The fourth-order valence-corrected chi connectivity index (χ4v) is 1.85. The monoisotopic (exact) mass is 310 g/mol. The van der Waals surface area contributed by atoms with E-state index in [1.807, 2.05) is 0 Å². The van der Waals surface area contributed by atoms with E-state index in [0.29, 0.717) is 5.56 Å². The van der Waals surface area contributed by atoms with Crippen molar-refractivity contribution in [2.24, 2.45) is 0 Å². The van der Waals surface area contributed by atoms with Crippen LogP contribution < -0.4 is 4.74 Å². The third-order valence-electron chi connectivity index (χ3n) is 2.96. The lowest BCUT2D eigenvalue weighted by Gasteiger charge is -2.16. The van der Waals surface area contributed by atoms with E-state index in [9.17, 15) is 19.7 Å². The number of nitro groups is 1. The summed E-state index contributed by atoms with van der Waals surface area (Å²) in [5.41, 5.74) is 1.10. The molecule has 0 atom stereocenters. The molecule has 1 amide bonds. The van der Waals surface area contributed by atoms with Crippen molar-refractivity contribution in [1.82, 2.24) is 4.90 Å².